The number of halogens is 7. The van der Waals surface area contributed by atoms with Crippen LogP contribution in [0.5, 0.6) is 0 Å². The van der Waals surface area contributed by atoms with E-state index >= 15 is 0 Å². The number of benzene rings is 2. The highest BCUT2D eigenvalue weighted by molar-refractivity contribution is 7.89. The smallest absolute Gasteiger partial charge is 0.324 e. The average molecular weight is 489 g/mol. The molecule has 0 unspecified atom stereocenters. The van der Waals surface area contributed by atoms with Gasteiger partial charge in [-0.15, -0.1) is 0 Å². The van der Waals surface area contributed by atoms with Gasteiger partial charge in [-0.05, 0) is 30.3 Å². The van der Waals surface area contributed by atoms with Crippen molar-refractivity contribution in [3.05, 3.63) is 58.6 Å². The van der Waals surface area contributed by atoms with E-state index in [2.05, 4.69) is 0 Å². The first-order chi connectivity index (χ1) is 14.2. The van der Waals surface area contributed by atoms with Crippen LogP contribution in [0.25, 0.3) is 0 Å². The Bertz CT molecular complexity index is 1070. The van der Waals surface area contributed by atoms with Crippen LogP contribution in [0.1, 0.15) is 18.1 Å². The van der Waals surface area contributed by atoms with Gasteiger partial charge in [-0.3, -0.25) is 4.79 Å². The van der Waals surface area contributed by atoms with Crippen molar-refractivity contribution in [3.63, 3.8) is 0 Å². The SMILES string of the molecule is CCN(CC(=O)Nc1ccccc1C(F)(F)F)S(=O)(=O)c1cc(C(F)(F)F)ccc1Cl. The molecule has 0 aromatic heterocycles. The van der Waals surface area contributed by atoms with Crippen LogP contribution in [0.3, 0.4) is 0 Å². The van der Waals surface area contributed by atoms with Crippen molar-refractivity contribution in [2.45, 2.75) is 24.2 Å². The van der Waals surface area contributed by atoms with Crippen LogP contribution in [-0.2, 0) is 27.2 Å². The number of sulfonamides is 1. The number of rotatable bonds is 6. The van der Waals surface area contributed by atoms with E-state index in [0.717, 1.165) is 24.3 Å². The summed E-state index contributed by atoms with van der Waals surface area (Å²) >= 11 is 5.77. The minimum atomic E-state index is -4.84. The van der Waals surface area contributed by atoms with Gasteiger partial charge in [0.25, 0.3) is 0 Å². The number of para-hydroxylation sites is 1. The van der Waals surface area contributed by atoms with Gasteiger partial charge in [0.2, 0.25) is 15.9 Å². The third kappa shape index (κ3) is 5.89. The second kappa shape index (κ2) is 9.05. The van der Waals surface area contributed by atoms with Crippen molar-refractivity contribution in [3.8, 4) is 0 Å². The Morgan fingerprint density at radius 2 is 1.65 bits per heavy atom. The lowest BCUT2D eigenvalue weighted by molar-refractivity contribution is -0.138. The molecule has 13 heteroatoms. The normalized spacial score (nSPS) is 12.8. The van der Waals surface area contributed by atoms with Crippen LogP contribution in [0.4, 0.5) is 32.0 Å². The van der Waals surface area contributed by atoms with E-state index in [0.29, 0.717) is 16.4 Å². The van der Waals surface area contributed by atoms with Gasteiger partial charge in [0.05, 0.1) is 28.4 Å². The predicted octanol–water partition coefficient (Wildman–Crippen LogP) is 5.03. The predicted molar refractivity (Wildman–Crippen MR) is 101 cm³/mol. The summed E-state index contributed by atoms with van der Waals surface area (Å²) in [6.07, 6.45) is -9.61. The number of likely N-dealkylation sites (N-methyl/N-ethyl adjacent to an activating group) is 1. The molecule has 0 saturated carbocycles. The van der Waals surface area contributed by atoms with Gasteiger partial charge in [0, 0.05) is 6.54 Å². The summed E-state index contributed by atoms with van der Waals surface area (Å²) < 4.78 is 104. The first-order valence-electron chi connectivity index (χ1n) is 8.51. The maximum Gasteiger partial charge on any atom is 0.418 e. The molecule has 31 heavy (non-hydrogen) atoms. The number of hydrogen-bond acceptors (Lipinski definition) is 3. The molecule has 0 heterocycles. The summed E-state index contributed by atoms with van der Waals surface area (Å²) in [6.45, 7) is -0.00313. The minimum absolute atomic E-state index is 0.331. The summed E-state index contributed by atoms with van der Waals surface area (Å²) in [5, 5.41) is 1.47. The molecular weight excluding hydrogens is 474 g/mol. The van der Waals surface area contributed by atoms with E-state index in [1.54, 1.807) is 0 Å². The summed E-state index contributed by atoms with van der Waals surface area (Å²) in [4.78, 5) is 11.4. The zero-order valence-corrected chi connectivity index (χ0v) is 17.3. The molecule has 0 radical (unpaired) electrons. The zero-order valence-electron chi connectivity index (χ0n) is 15.7. The Kier molecular flexibility index (Phi) is 7.28. The maximum atomic E-state index is 13.1. The average Bonchev–Trinajstić information content (AvgIpc) is 2.64. The molecule has 0 spiro atoms. The van der Waals surface area contributed by atoms with Crippen molar-refractivity contribution >= 4 is 33.2 Å². The number of carbonyl (C=O) groups is 1. The van der Waals surface area contributed by atoms with Gasteiger partial charge in [-0.2, -0.15) is 30.6 Å². The largest absolute Gasteiger partial charge is 0.418 e. The second-order valence-electron chi connectivity index (χ2n) is 6.17. The first kappa shape index (κ1) is 25.0. The number of nitrogens with one attached hydrogen (secondary N) is 1. The fourth-order valence-corrected chi connectivity index (χ4v) is 4.48. The van der Waals surface area contributed by atoms with Gasteiger partial charge >= 0.3 is 12.4 Å². The van der Waals surface area contributed by atoms with Crippen molar-refractivity contribution in [1.82, 2.24) is 4.31 Å². The van der Waals surface area contributed by atoms with E-state index in [-0.39, 0.29) is 6.54 Å². The van der Waals surface area contributed by atoms with E-state index in [9.17, 15) is 39.6 Å². The number of nitrogens with zero attached hydrogens (tertiary/aromatic N) is 1. The molecule has 0 fully saturated rings. The fraction of sp³-hybridized carbons (Fsp3) is 0.278. The molecule has 170 valence electrons. The molecule has 0 aliphatic carbocycles. The Morgan fingerprint density at radius 3 is 2.19 bits per heavy atom. The highest BCUT2D eigenvalue weighted by Gasteiger charge is 2.36. The lowest BCUT2D eigenvalue weighted by Gasteiger charge is -2.22. The van der Waals surface area contributed by atoms with Crippen LogP contribution < -0.4 is 5.32 Å². The number of carbonyl (C=O) groups excluding carboxylic acids is 1. The highest BCUT2D eigenvalue weighted by atomic mass is 35.5. The summed E-state index contributed by atoms with van der Waals surface area (Å²) in [7, 11) is -4.67. The van der Waals surface area contributed by atoms with Gasteiger partial charge in [0.1, 0.15) is 4.90 Å². The van der Waals surface area contributed by atoms with Crippen molar-refractivity contribution in [1.29, 1.82) is 0 Å². The van der Waals surface area contributed by atoms with Crippen LogP contribution >= 0.6 is 11.6 Å². The van der Waals surface area contributed by atoms with E-state index in [1.165, 1.54) is 13.0 Å². The van der Waals surface area contributed by atoms with Gasteiger partial charge < -0.3 is 5.32 Å². The summed E-state index contributed by atoms with van der Waals surface area (Å²) in [5.74, 6) is -1.12. The van der Waals surface area contributed by atoms with Crippen molar-refractivity contribution in [2.24, 2.45) is 0 Å². The third-order valence-corrected chi connectivity index (χ3v) is 6.46. The van der Waals surface area contributed by atoms with Crippen LogP contribution in [-0.4, -0.2) is 31.7 Å². The van der Waals surface area contributed by atoms with Crippen LogP contribution in [0.15, 0.2) is 47.4 Å². The standard InChI is InChI=1S/C18H15ClF6N2O3S/c1-2-27(10-16(28)26-14-6-4-3-5-12(14)18(23,24)25)31(29,30)15-9-11(17(20,21)22)7-8-13(15)19/h3-9H,2,10H2,1H3,(H,26,28). The molecular formula is C18H15ClF6N2O3S. The highest BCUT2D eigenvalue weighted by Crippen LogP contribution is 2.35. The quantitative estimate of drug-likeness (QED) is 0.580. The lowest BCUT2D eigenvalue weighted by atomic mass is 10.1. The molecule has 0 aliphatic heterocycles. The Balaban J connectivity index is 2.32. The Labute approximate surface area is 178 Å². The van der Waals surface area contributed by atoms with E-state index in [1.807, 2.05) is 5.32 Å². The van der Waals surface area contributed by atoms with Gasteiger partial charge in [-0.1, -0.05) is 30.7 Å². The molecule has 1 amide bonds. The van der Waals surface area contributed by atoms with Gasteiger partial charge in [0.15, 0.2) is 0 Å². The molecule has 2 aromatic carbocycles. The molecule has 1 N–H and O–H groups in total. The van der Waals surface area contributed by atoms with Crippen LogP contribution in [0, 0.1) is 0 Å². The molecule has 0 saturated heterocycles. The first-order valence-corrected chi connectivity index (χ1v) is 10.3. The lowest BCUT2D eigenvalue weighted by Crippen LogP contribution is -2.38. The Hall–Kier alpha value is -2.31. The second-order valence-corrected chi connectivity index (χ2v) is 8.48. The van der Waals surface area contributed by atoms with E-state index in [4.69, 9.17) is 11.6 Å². The molecule has 0 bridgehead atoms. The fourth-order valence-electron chi connectivity index (χ4n) is 2.57. The molecule has 5 nitrogen and oxygen atoms in total. The summed E-state index contributed by atoms with van der Waals surface area (Å²) in [5.41, 5.74) is -3.00. The van der Waals surface area contributed by atoms with E-state index < -0.39 is 61.6 Å². The van der Waals surface area contributed by atoms with Crippen molar-refractivity contribution in [2.75, 3.05) is 18.4 Å². The summed E-state index contributed by atoms with van der Waals surface area (Å²) in [6, 6.07) is 5.74. The minimum Gasteiger partial charge on any atom is -0.324 e. The van der Waals surface area contributed by atoms with Gasteiger partial charge in [-0.25, -0.2) is 8.42 Å². The van der Waals surface area contributed by atoms with Crippen LogP contribution in [0.2, 0.25) is 5.02 Å². The molecule has 2 rings (SSSR count). The number of alkyl halides is 6. The number of anilines is 1. The maximum absolute atomic E-state index is 13.1. The number of hydrogen-bond donors (Lipinski definition) is 1. The molecule has 2 aromatic rings. The Morgan fingerprint density at radius 1 is 1.03 bits per heavy atom. The molecule has 0 atom stereocenters. The molecule has 0 aliphatic rings. The monoisotopic (exact) mass is 488 g/mol. The third-order valence-electron chi connectivity index (χ3n) is 4.06. The zero-order chi connectivity index (χ0) is 23.6. The topological polar surface area (TPSA) is 66.5 Å². The number of amides is 1. The van der Waals surface area contributed by atoms with Crippen molar-refractivity contribution < 1.29 is 39.6 Å².